The second kappa shape index (κ2) is 6.32. The van der Waals surface area contributed by atoms with Crippen LogP contribution in [-0.4, -0.2) is 28.3 Å². The fraction of sp³-hybridized carbons (Fsp3) is 0.412. The number of carbonyl (C=O) groups excluding carboxylic acids is 2. The van der Waals surface area contributed by atoms with Crippen molar-refractivity contribution in [2.75, 3.05) is 0 Å². The molecular weight excluding hydrogens is 294 g/mol. The molecule has 0 aliphatic carbocycles. The van der Waals surface area contributed by atoms with Gasteiger partial charge in [-0.1, -0.05) is 18.2 Å². The minimum Gasteiger partial charge on any atom is -0.444 e. The molecule has 0 bridgehead atoms. The minimum absolute atomic E-state index is 0.142. The second-order valence-electron chi connectivity index (χ2n) is 6.63. The number of carbonyl (C=O) groups is 2. The Bertz CT molecular complexity index is 728. The van der Waals surface area contributed by atoms with Crippen LogP contribution >= 0.6 is 0 Å². The molecule has 0 unspecified atom stereocenters. The van der Waals surface area contributed by atoms with Crippen LogP contribution in [0.5, 0.6) is 0 Å². The van der Waals surface area contributed by atoms with Gasteiger partial charge in [0.2, 0.25) is 0 Å². The van der Waals surface area contributed by atoms with Crippen molar-refractivity contribution in [3.8, 4) is 0 Å². The van der Waals surface area contributed by atoms with Crippen molar-refractivity contribution in [1.29, 1.82) is 0 Å². The van der Waals surface area contributed by atoms with Gasteiger partial charge in [-0.2, -0.15) is 0 Å². The number of rotatable bonds is 3. The van der Waals surface area contributed by atoms with E-state index in [1.807, 2.05) is 52.0 Å². The maximum Gasteiger partial charge on any atom is 0.407 e. The summed E-state index contributed by atoms with van der Waals surface area (Å²) in [4.78, 5) is 23.4. The number of nitrogens with one attached hydrogen (secondary N) is 1. The molecule has 6 heteroatoms. The van der Waals surface area contributed by atoms with Gasteiger partial charge in [-0.25, -0.2) is 9.59 Å². The number of nitrogens with two attached hydrogens (primary N) is 1. The largest absolute Gasteiger partial charge is 0.444 e. The zero-order chi connectivity index (χ0) is 17.2. The van der Waals surface area contributed by atoms with Crippen molar-refractivity contribution >= 4 is 23.0 Å². The van der Waals surface area contributed by atoms with Crippen molar-refractivity contribution in [1.82, 2.24) is 9.88 Å². The number of alkyl carbamates (subject to hydrolysis) is 1. The third-order valence-corrected chi connectivity index (χ3v) is 3.32. The zero-order valence-corrected chi connectivity index (χ0v) is 13.9. The first kappa shape index (κ1) is 16.9. The topological polar surface area (TPSA) is 86.4 Å². The molecule has 2 amide bonds. The molecule has 0 aliphatic heterocycles. The summed E-state index contributed by atoms with van der Waals surface area (Å²) in [5.41, 5.74) is 6.58. The van der Waals surface area contributed by atoms with Gasteiger partial charge in [0.25, 0.3) is 0 Å². The summed E-state index contributed by atoms with van der Waals surface area (Å²) < 4.78 is 6.67. The number of primary amides is 1. The molecule has 0 saturated heterocycles. The van der Waals surface area contributed by atoms with Crippen LogP contribution < -0.4 is 11.1 Å². The summed E-state index contributed by atoms with van der Waals surface area (Å²) >= 11 is 0. The molecule has 0 aliphatic rings. The van der Waals surface area contributed by atoms with Crippen molar-refractivity contribution in [2.24, 2.45) is 5.73 Å². The third kappa shape index (κ3) is 4.25. The van der Waals surface area contributed by atoms with E-state index in [0.717, 1.165) is 16.5 Å². The number of fused-ring (bicyclic) bond motifs is 1. The number of hydrogen-bond acceptors (Lipinski definition) is 3. The highest BCUT2D eigenvalue weighted by Crippen LogP contribution is 2.22. The Morgan fingerprint density at radius 2 is 1.96 bits per heavy atom. The lowest BCUT2D eigenvalue weighted by Crippen LogP contribution is -2.38. The Morgan fingerprint density at radius 3 is 2.57 bits per heavy atom. The monoisotopic (exact) mass is 317 g/mol. The lowest BCUT2D eigenvalue weighted by molar-refractivity contribution is 0.0508. The van der Waals surface area contributed by atoms with E-state index >= 15 is 0 Å². The fourth-order valence-corrected chi connectivity index (χ4v) is 2.48. The summed E-state index contributed by atoms with van der Waals surface area (Å²) in [7, 11) is 0. The molecule has 3 N–H and O–H groups in total. The summed E-state index contributed by atoms with van der Waals surface area (Å²) in [5, 5.41) is 3.75. The van der Waals surface area contributed by atoms with Crippen molar-refractivity contribution in [2.45, 2.75) is 45.8 Å². The Labute approximate surface area is 135 Å². The van der Waals surface area contributed by atoms with Gasteiger partial charge in [-0.3, -0.25) is 4.57 Å². The minimum atomic E-state index is -0.536. The van der Waals surface area contributed by atoms with Crippen molar-refractivity contribution in [3.05, 3.63) is 36.0 Å². The van der Waals surface area contributed by atoms with Gasteiger partial charge in [0.05, 0.1) is 5.52 Å². The summed E-state index contributed by atoms with van der Waals surface area (Å²) in [6.07, 6.45) is 1.84. The number of ether oxygens (including phenoxy) is 1. The average molecular weight is 317 g/mol. The predicted molar refractivity (Wildman–Crippen MR) is 89.5 cm³/mol. The Kier molecular flexibility index (Phi) is 4.63. The van der Waals surface area contributed by atoms with Crippen LogP contribution in [0.15, 0.2) is 30.5 Å². The van der Waals surface area contributed by atoms with Gasteiger partial charge in [-0.05, 0) is 45.7 Å². The van der Waals surface area contributed by atoms with Crippen LogP contribution in [0.2, 0.25) is 0 Å². The molecular formula is C17H23N3O3. The van der Waals surface area contributed by atoms with E-state index in [0.29, 0.717) is 6.42 Å². The van der Waals surface area contributed by atoms with Gasteiger partial charge in [0, 0.05) is 17.6 Å². The Balaban J connectivity index is 2.15. The highest BCUT2D eigenvalue weighted by Gasteiger charge is 2.19. The highest BCUT2D eigenvalue weighted by molar-refractivity contribution is 5.93. The first-order chi connectivity index (χ1) is 10.7. The molecule has 0 saturated carbocycles. The molecule has 1 heterocycles. The smallest absolute Gasteiger partial charge is 0.407 e. The van der Waals surface area contributed by atoms with E-state index in [9.17, 15) is 9.59 Å². The third-order valence-electron chi connectivity index (χ3n) is 3.32. The van der Waals surface area contributed by atoms with E-state index in [4.69, 9.17) is 10.5 Å². The van der Waals surface area contributed by atoms with Crippen molar-refractivity contribution < 1.29 is 14.3 Å². The van der Waals surface area contributed by atoms with Crippen LogP contribution in [0.25, 0.3) is 10.9 Å². The molecule has 124 valence electrons. The van der Waals surface area contributed by atoms with E-state index in [2.05, 4.69) is 5.32 Å². The number of para-hydroxylation sites is 1. The zero-order valence-electron chi connectivity index (χ0n) is 13.9. The van der Waals surface area contributed by atoms with Gasteiger partial charge < -0.3 is 15.8 Å². The lowest BCUT2D eigenvalue weighted by Gasteiger charge is -2.21. The summed E-state index contributed by atoms with van der Waals surface area (Å²) in [6, 6.07) is 6.87. The van der Waals surface area contributed by atoms with Crippen LogP contribution in [-0.2, 0) is 11.2 Å². The second-order valence-corrected chi connectivity index (χ2v) is 6.63. The molecule has 2 aromatic rings. The molecule has 0 radical (unpaired) electrons. The average Bonchev–Trinajstić information content (AvgIpc) is 2.75. The predicted octanol–water partition coefficient (Wildman–Crippen LogP) is 3.02. The Morgan fingerprint density at radius 1 is 1.30 bits per heavy atom. The first-order valence-corrected chi connectivity index (χ1v) is 7.55. The maximum atomic E-state index is 11.8. The Hall–Kier alpha value is -2.50. The normalized spacial score (nSPS) is 12.9. The molecule has 0 spiro atoms. The number of aromatic nitrogens is 1. The fourth-order valence-electron chi connectivity index (χ4n) is 2.48. The van der Waals surface area contributed by atoms with Gasteiger partial charge in [-0.15, -0.1) is 0 Å². The van der Waals surface area contributed by atoms with Gasteiger partial charge in [0.15, 0.2) is 0 Å². The molecule has 6 nitrogen and oxygen atoms in total. The number of hydrogen-bond donors (Lipinski definition) is 2. The van der Waals surface area contributed by atoms with Gasteiger partial charge >= 0.3 is 12.1 Å². The van der Waals surface area contributed by atoms with Crippen LogP contribution in [0, 0.1) is 0 Å². The molecule has 23 heavy (non-hydrogen) atoms. The quantitative estimate of drug-likeness (QED) is 0.912. The first-order valence-electron chi connectivity index (χ1n) is 7.55. The molecule has 2 rings (SSSR count). The van der Waals surface area contributed by atoms with Gasteiger partial charge in [0.1, 0.15) is 5.60 Å². The SMILES string of the molecule is C[C@H](Cc1cn(C(N)=O)c2ccccc12)NC(=O)OC(C)(C)C. The van der Waals surface area contributed by atoms with Crippen LogP contribution in [0.4, 0.5) is 9.59 Å². The lowest BCUT2D eigenvalue weighted by atomic mass is 10.1. The van der Waals surface area contributed by atoms with E-state index in [1.165, 1.54) is 4.57 Å². The van der Waals surface area contributed by atoms with Crippen LogP contribution in [0.1, 0.15) is 33.3 Å². The molecule has 1 atom stereocenters. The number of nitrogens with zero attached hydrogens (tertiary/aromatic N) is 1. The molecule has 1 aromatic carbocycles. The van der Waals surface area contributed by atoms with E-state index in [-0.39, 0.29) is 6.04 Å². The summed E-state index contributed by atoms with van der Waals surface area (Å²) in [5.74, 6) is 0. The number of benzene rings is 1. The van der Waals surface area contributed by atoms with E-state index < -0.39 is 17.7 Å². The maximum absolute atomic E-state index is 11.8. The molecule has 0 fully saturated rings. The van der Waals surface area contributed by atoms with Crippen molar-refractivity contribution in [3.63, 3.8) is 0 Å². The highest BCUT2D eigenvalue weighted by atomic mass is 16.6. The standard InChI is InChI=1S/C17H23N3O3/c1-11(19-16(22)23-17(2,3)4)9-12-10-20(15(18)21)14-8-6-5-7-13(12)14/h5-8,10-11H,9H2,1-4H3,(H2,18,21)(H,19,22)/t11-/m1/s1. The summed E-state index contributed by atoms with van der Waals surface area (Å²) in [6.45, 7) is 7.34. The van der Waals surface area contributed by atoms with Crippen LogP contribution in [0.3, 0.4) is 0 Å². The molecule has 1 aromatic heterocycles. The number of amides is 2. The van der Waals surface area contributed by atoms with E-state index in [1.54, 1.807) is 6.20 Å².